The number of likely N-dealkylation sites (tertiary alicyclic amines) is 1. The van der Waals surface area contributed by atoms with Crippen LogP contribution in [0.2, 0.25) is 0 Å². The quantitative estimate of drug-likeness (QED) is 0.0958. The van der Waals surface area contributed by atoms with Crippen molar-refractivity contribution in [3.63, 3.8) is 0 Å². The summed E-state index contributed by atoms with van der Waals surface area (Å²) >= 11 is 0. The van der Waals surface area contributed by atoms with Crippen LogP contribution in [0.3, 0.4) is 0 Å². The molecular weight excluding hydrogens is 1060 g/mol. The van der Waals surface area contributed by atoms with Gasteiger partial charge in [-0.2, -0.15) is 25.4 Å². The number of fused-ring (bicyclic) bond motifs is 2. The minimum absolute atomic E-state index is 0.0344. The van der Waals surface area contributed by atoms with Crippen molar-refractivity contribution < 1.29 is 55.1 Å². The highest BCUT2D eigenvalue weighted by Gasteiger charge is 2.86. The number of ketones is 2. The first kappa shape index (κ1) is 59.6. The largest absolute Gasteiger partial charge is 0.460 e. The second-order valence-electron chi connectivity index (χ2n) is 29.0. The molecule has 0 aromatic carbocycles. The Balaban J connectivity index is 0.000000199. The van der Waals surface area contributed by atoms with Crippen molar-refractivity contribution in [3.05, 3.63) is 25.3 Å². The summed E-state index contributed by atoms with van der Waals surface area (Å²) in [6.45, 7) is 28.2. The molecule has 0 aromatic rings. The Bertz CT molecular complexity index is 2800. The van der Waals surface area contributed by atoms with Gasteiger partial charge in [0.25, 0.3) is 0 Å². The van der Waals surface area contributed by atoms with Gasteiger partial charge in [0.15, 0.2) is 11.6 Å². The van der Waals surface area contributed by atoms with E-state index in [1.54, 1.807) is 37.8 Å². The van der Waals surface area contributed by atoms with Gasteiger partial charge in [0, 0.05) is 70.7 Å². The van der Waals surface area contributed by atoms with Crippen molar-refractivity contribution >= 4 is 55.7 Å². The molecule has 3 amide bonds. The summed E-state index contributed by atoms with van der Waals surface area (Å²) in [5.41, 5.74) is -2.88. The number of nitrogens with zero attached hydrogens (tertiary/aromatic N) is 3. The summed E-state index contributed by atoms with van der Waals surface area (Å²) in [4.78, 5) is 84.9. The second-order valence-corrected chi connectivity index (χ2v) is 32.3. The van der Waals surface area contributed by atoms with Crippen LogP contribution in [-0.4, -0.2) is 136 Å². The average molecular weight is 1150 g/mol. The molecule has 5 aliphatic heterocycles. The van der Waals surface area contributed by atoms with Crippen LogP contribution in [0.5, 0.6) is 0 Å². The number of hydrogen-bond acceptors (Lipinski definition) is 13. The van der Waals surface area contributed by atoms with Gasteiger partial charge in [-0.3, -0.25) is 28.8 Å². The van der Waals surface area contributed by atoms with E-state index in [9.17, 15) is 40.8 Å². The first-order valence-corrected chi connectivity index (χ1v) is 33.0. The summed E-state index contributed by atoms with van der Waals surface area (Å²) in [5, 5.41) is 3.47. The lowest BCUT2D eigenvalue weighted by atomic mass is 9.69. The molecule has 5 heterocycles. The van der Waals surface area contributed by atoms with E-state index in [0.29, 0.717) is 83.5 Å². The van der Waals surface area contributed by atoms with Crippen molar-refractivity contribution in [2.75, 3.05) is 52.5 Å². The highest BCUT2D eigenvalue weighted by molar-refractivity contribution is 7.88. The third kappa shape index (κ3) is 9.24. The van der Waals surface area contributed by atoms with E-state index >= 15 is 4.79 Å². The fourth-order valence-corrected chi connectivity index (χ4v) is 20.7. The Morgan fingerprint density at radius 1 is 0.650 bits per heavy atom. The molecule has 80 heavy (non-hydrogen) atoms. The number of ether oxygens (including phenoxy) is 2. The summed E-state index contributed by atoms with van der Waals surface area (Å²) in [7, 11) is -7.89. The SMILES string of the molecule is C=C[C@@H]1C[C@]1(CC(=O)[C@@H]1C[C@@]2(CN1)C(C)(C)C21CCC1)C(=O)NS(=O)(=O)N1CCCC1.C=C[C@@H]1C[C@]1(CC(=O)[C@@H]1C[C@@]2(CN1C(=O)[C@@H](CC(=O)OC(C)(C)C)C1(C)CCOCC1)C(C)(C)C21CCC1)C(=O)NS(=O)(=O)N1CCCC1. The monoisotopic (exact) mass is 1150 g/mol. The standard InChI is InChI=1S/C37H57N3O8S.C23H35N3O4S/c1-8-25-21-35(25,31(44)38-49(45,46)39-16-9-10-17-39)23-28(41)27-22-37(33(5,6)36(37)12-11-13-36)24-40(27)30(43)26(20-29(42)48-32(2,3)4)34(7)14-18-47-19-15-34;1-4-16-12-21(16,19(28)25-31(29,30)26-10-5-6-11-26)14-18(27)17-13-23(15-24-17)20(2,3)22(23)8-7-9-22/h8,25-27H,1,9-24H2,2-7H3,(H,38,44);4,16-17,24H,1,5-15H2,2-3H3,(H,25,28)/t25-,26-,27+,35-,37-;16-,17+,21-,23-/m11/s1. The van der Waals surface area contributed by atoms with Crippen LogP contribution >= 0.6 is 0 Å². The van der Waals surface area contributed by atoms with Crippen LogP contribution in [0.15, 0.2) is 25.3 Å². The summed E-state index contributed by atoms with van der Waals surface area (Å²) in [6, 6.07) is -1.02. The van der Waals surface area contributed by atoms with E-state index in [0.717, 1.165) is 57.9 Å². The van der Waals surface area contributed by atoms with E-state index in [1.807, 2.05) is 6.92 Å². The maximum absolute atomic E-state index is 15.0. The van der Waals surface area contributed by atoms with Crippen LogP contribution in [0.4, 0.5) is 0 Å². The van der Waals surface area contributed by atoms with Crippen molar-refractivity contribution in [2.24, 2.45) is 66.5 Å². The molecule has 11 aliphatic rings. The van der Waals surface area contributed by atoms with Crippen molar-refractivity contribution in [1.29, 1.82) is 0 Å². The molecule has 3 N–H and O–H groups in total. The Morgan fingerprint density at radius 3 is 1.52 bits per heavy atom. The van der Waals surface area contributed by atoms with E-state index in [2.05, 4.69) is 55.6 Å². The molecule has 0 bridgehead atoms. The lowest BCUT2D eigenvalue weighted by molar-refractivity contribution is -0.163. The fourth-order valence-electron chi connectivity index (χ4n) is 18.1. The highest BCUT2D eigenvalue weighted by atomic mass is 32.2. The molecule has 11 fully saturated rings. The van der Waals surface area contributed by atoms with Crippen molar-refractivity contribution in [1.82, 2.24) is 28.3 Å². The predicted octanol–water partition coefficient (Wildman–Crippen LogP) is 6.71. The maximum Gasteiger partial charge on any atom is 0.307 e. The third-order valence-electron chi connectivity index (χ3n) is 24.1. The number of carbonyl (C=O) groups is 6. The molecule has 5 saturated heterocycles. The Labute approximate surface area is 476 Å². The summed E-state index contributed by atoms with van der Waals surface area (Å²) < 4.78 is 69.9. The number of esters is 1. The van der Waals surface area contributed by atoms with Gasteiger partial charge in [-0.25, -0.2) is 9.44 Å². The molecule has 0 radical (unpaired) electrons. The molecule has 20 heteroatoms. The number of amides is 3. The van der Waals surface area contributed by atoms with E-state index in [-0.39, 0.29) is 81.7 Å². The van der Waals surface area contributed by atoms with Gasteiger partial charge in [0.1, 0.15) is 5.60 Å². The van der Waals surface area contributed by atoms with Gasteiger partial charge in [0.2, 0.25) is 17.7 Å². The molecule has 6 saturated carbocycles. The van der Waals surface area contributed by atoms with E-state index in [4.69, 9.17) is 9.47 Å². The zero-order valence-electron chi connectivity index (χ0n) is 49.1. The number of nitrogens with one attached hydrogen (secondary N) is 3. The van der Waals surface area contributed by atoms with Gasteiger partial charge in [0.05, 0.1) is 35.3 Å². The fraction of sp³-hybridized carbons (Fsp3) is 0.833. The maximum atomic E-state index is 15.0. The van der Waals surface area contributed by atoms with Gasteiger partial charge < -0.3 is 19.7 Å². The molecule has 0 unspecified atom stereocenters. The van der Waals surface area contributed by atoms with Gasteiger partial charge in [-0.1, -0.05) is 59.6 Å². The molecule has 6 aliphatic carbocycles. The molecule has 446 valence electrons. The van der Waals surface area contributed by atoms with Gasteiger partial charge in [-0.15, -0.1) is 13.2 Å². The average Bonchev–Trinajstić information content (AvgIpc) is 1.74. The van der Waals surface area contributed by atoms with E-state index < -0.39 is 72.0 Å². The molecule has 4 spiro atoms. The van der Waals surface area contributed by atoms with Crippen LogP contribution in [-0.2, 0) is 58.7 Å². The van der Waals surface area contributed by atoms with E-state index in [1.165, 1.54) is 27.9 Å². The molecular formula is C60H92N6O12S2. The van der Waals surface area contributed by atoms with Crippen molar-refractivity contribution in [2.45, 2.75) is 195 Å². The molecule has 11 rings (SSSR count). The lowest BCUT2D eigenvalue weighted by Crippen LogP contribution is -2.51. The molecule has 18 nitrogen and oxygen atoms in total. The van der Waals surface area contributed by atoms with Crippen LogP contribution in [0, 0.1) is 66.5 Å². The first-order valence-electron chi connectivity index (χ1n) is 30.1. The topological polar surface area (TPSA) is 235 Å². The highest BCUT2D eigenvalue weighted by Crippen LogP contribution is 2.89. The first-order chi connectivity index (χ1) is 37.3. The summed E-state index contributed by atoms with van der Waals surface area (Å²) in [6.07, 6.45) is 16.6. The van der Waals surface area contributed by atoms with Gasteiger partial charge in [-0.05, 0) is 155 Å². The minimum Gasteiger partial charge on any atom is -0.460 e. The zero-order valence-corrected chi connectivity index (χ0v) is 50.7. The normalized spacial score (nSPS) is 36.0. The summed E-state index contributed by atoms with van der Waals surface area (Å²) in [5.74, 6) is -3.29. The third-order valence-corrected chi connectivity index (χ3v) is 27.0. The Morgan fingerprint density at radius 2 is 1.11 bits per heavy atom. The smallest absolute Gasteiger partial charge is 0.307 e. The lowest BCUT2D eigenvalue weighted by Gasteiger charge is -2.42. The second kappa shape index (κ2) is 20.0. The van der Waals surface area contributed by atoms with Crippen LogP contribution < -0.4 is 14.8 Å². The number of carbonyl (C=O) groups excluding carboxylic acids is 6. The number of rotatable bonds is 18. The molecule has 9 atom stereocenters. The predicted molar refractivity (Wildman–Crippen MR) is 300 cm³/mol. The zero-order chi connectivity index (χ0) is 58.1. The number of allylic oxidation sites excluding steroid dienone is 2. The number of Topliss-reactive ketones (excluding diaryl/α,β-unsaturated/α-hetero) is 2. The van der Waals surface area contributed by atoms with Crippen LogP contribution in [0.1, 0.15) is 177 Å². The Kier molecular flexibility index (Phi) is 14.9. The van der Waals surface area contributed by atoms with Crippen LogP contribution in [0.25, 0.3) is 0 Å². The van der Waals surface area contributed by atoms with Crippen molar-refractivity contribution in [3.8, 4) is 0 Å². The number of hydrogen-bond donors (Lipinski definition) is 3. The minimum atomic E-state index is -4.03. The Hall–Kier alpha value is -3.56. The molecule has 0 aromatic heterocycles. The van der Waals surface area contributed by atoms with Gasteiger partial charge >= 0.3 is 26.4 Å².